The van der Waals surface area contributed by atoms with E-state index in [0.717, 1.165) is 22.7 Å². The maximum Gasteiger partial charge on any atom is 0.344 e. The first-order valence-corrected chi connectivity index (χ1v) is 10.9. The van der Waals surface area contributed by atoms with Gasteiger partial charge in [-0.25, -0.2) is 4.79 Å². The molecule has 9 heteroatoms. The molecule has 9 nitrogen and oxygen atoms in total. The first-order valence-electron chi connectivity index (χ1n) is 10.9. The van der Waals surface area contributed by atoms with Crippen molar-refractivity contribution in [3.05, 3.63) is 59.2 Å². The van der Waals surface area contributed by atoms with Gasteiger partial charge in [-0.1, -0.05) is 18.2 Å². The highest BCUT2D eigenvalue weighted by Gasteiger charge is 2.50. The number of methoxy groups -OCH3 is 1. The Kier molecular flexibility index (Phi) is 6.24. The molecule has 2 aromatic carbocycles. The number of urea groups is 1. The van der Waals surface area contributed by atoms with Crippen LogP contribution in [-0.4, -0.2) is 54.6 Å². The Bertz CT molecular complexity index is 1090. The van der Waals surface area contributed by atoms with Crippen LogP contribution in [0.1, 0.15) is 30.5 Å². The molecule has 2 N–H and O–H groups in total. The average molecular weight is 453 g/mol. The molecule has 0 radical (unpaired) electrons. The predicted octanol–water partition coefficient (Wildman–Crippen LogP) is 1.95. The Balaban J connectivity index is 1.41. The second-order valence-electron chi connectivity index (χ2n) is 8.29. The van der Waals surface area contributed by atoms with Gasteiger partial charge in [0.25, 0.3) is 11.8 Å². The second kappa shape index (κ2) is 9.11. The standard InChI is InChI=1S/C24H28N4O5/c1-4-33-20-9-8-16-10-11-27(14-17(16)12-20)15-21(29)26-28-22(30)24(2,25-23(28)31)18-6-5-7-19(13-18)32-3/h5-9,12-13H,4,10-11,14-15H2,1-3H3,(H,25,31)(H,26,29). The number of carbonyl (C=O) groups is 3. The smallest absolute Gasteiger partial charge is 0.344 e. The summed E-state index contributed by atoms with van der Waals surface area (Å²) in [6, 6.07) is 12.3. The van der Waals surface area contributed by atoms with E-state index in [1.165, 1.54) is 12.7 Å². The van der Waals surface area contributed by atoms with E-state index in [2.05, 4.69) is 16.8 Å². The van der Waals surface area contributed by atoms with Crippen molar-refractivity contribution >= 4 is 17.8 Å². The highest BCUT2D eigenvalue weighted by Crippen LogP contribution is 2.30. The van der Waals surface area contributed by atoms with Gasteiger partial charge in [0, 0.05) is 13.1 Å². The molecule has 2 aliphatic rings. The molecule has 4 amide bonds. The Hall–Kier alpha value is -3.59. The van der Waals surface area contributed by atoms with Gasteiger partial charge in [-0.2, -0.15) is 5.01 Å². The summed E-state index contributed by atoms with van der Waals surface area (Å²) in [7, 11) is 1.53. The lowest BCUT2D eigenvalue weighted by atomic mass is 9.92. The summed E-state index contributed by atoms with van der Waals surface area (Å²) < 4.78 is 10.8. The molecule has 2 heterocycles. The van der Waals surface area contributed by atoms with Crippen LogP contribution in [0.25, 0.3) is 0 Å². The van der Waals surface area contributed by atoms with Crippen molar-refractivity contribution in [3.63, 3.8) is 0 Å². The van der Waals surface area contributed by atoms with E-state index in [-0.39, 0.29) is 6.54 Å². The Morgan fingerprint density at radius 1 is 1.15 bits per heavy atom. The summed E-state index contributed by atoms with van der Waals surface area (Å²) in [5.74, 6) is 0.382. The fraction of sp³-hybridized carbons (Fsp3) is 0.375. The van der Waals surface area contributed by atoms with Gasteiger partial charge in [-0.15, -0.1) is 0 Å². The third-order valence-electron chi connectivity index (χ3n) is 6.02. The van der Waals surface area contributed by atoms with Crippen molar-refractivity contribution in [3.8, 4) is 11.5 Å². The zero-order valence-corrected chi connectivity index (χ0v) is 19.0. The highest BCUT2D eigenvalue weighted by molar-refractivity contribution is 6.08. The average Bonchev–Trinajstić information content (AvgIpc) is 3.03. The van der Waals surface area contributed by atoms with E-state index >= 15 is 0 Å². The van der Waals surface area contributed by atoms with Crippen molar-refractivity contribution in [2.75, 3.05) is 26.8 Å². The van der Waals surface area contributed by atoms with Crippen molar-refractivity contribution in [1.29, 1.82) is 0 Å². The van der Waals surface area contributed by atoms with E-state index in [0.29, 0.717) is 31.0 Å². The summed E-state index contributed by atoms with van der Waals surface area (Å²) in [6.07, 6.45) is 0.812. The first-order chi connectivity index (χ1) is 15.8. The summed E-state index contributed by atoms with van der Waals surface area (Å²) in [4.78, 5) is 40.3. The zero-order valence-electron chi connectivity index (χ0n) is 19.0. The fourth-order valence-corrected chi connectivity index (χ4v) is 4.22. The van der Waals surface area contributed by atoms with Crippen LogP contribution in [0.5, 0.6) is 11.5 Å². The van der Waals surface area contributed by atoms with Gasteiger partial charge >= 0.3 is 6.03 Å². The predicted molar refractivity (Wildman–Crippen MR) is 120 cm³/mol. The van der Waals surface area contributed by atoms with Gasteiger partial charge in [0.1, 0.15) is 17.0 Å². The molecule has 1 fully saturated rings. The van der Waals surface area contributed by atoms with Crippen molar-refractivity contribution in [2.24, 2.45) is 0 Å². The number of benzene rings is 2. The third-order valence-corrected chi connectivity index (χ3v) is 6.02. The molecule has 2 aromatic rings. The summed E-state index contributed by atoms with van der Waals surface area (Å²) in [6.45, 7) is 5.48. The number of nitrogens with zero attached hydrogens (tertiary/aromatic N) is 2. The lowest BCUT2D eigenvalue weighted by molar-refractivity contribution is -0.139. The SMILES string of the molecule is CCOc1ccc2c(c1)CN(CC(=O)NN1C(=O)NC(C)(c3cccc(OC)c3)C1=O)CC2. The van der Waals surface area contributed by atoms with Gasteiger partial charge < -0.3 is 14.8 Å². The van der Waals surface area contributed by atoms with Crippen LogP contribution in [-0.2, 0) is 28.1 Å². The van der Waals surface area contributed by atoms with Crippen LogP contribution in [0.3, 0.4) is 0 Å². The number of hydrazine groups is 1. The van der Waals surface area contributed by atoms with Gasteiger partial charge in [-0.05, 0) is 61.2 Å². The number of imide groups is 1. The lowest BCUT2D eigenvalue weighted by Crippen LogP contribution is -2.51. The van der Waals surface area contributed by atoms with Crippen molar-refractivity contribution < 1.29 is 23.9 Å². The molecule has 4 rings (SSSR count). The normalized spacial score (nSPS) is 20.3. The largest absolute Gasteiger partial charge is 0.497 e. The molecular weight excluding hydrogens is 424 g/mol. The zero-order chi connectivity index (χ0) is 23.6. The van der Waals surface area contributed by atoms with Gasteiger partial charge in [0.15, 0.2) is 0 Å². The molecule has 1 unspecified atom stereocenters. The molecular formula is C24H28N4O5. The van der Waals surface area contributed by atoms with Crippen LogP contribution in [0.2, 0.25) is 0 Å². The number of amides is 4. The third kappa shape index (κ3) is 4.49. The van der Waals surface area contributed by atoms with Crippen LogP contribution >= 0.6 is 0 Å². The Labute approximate surface area is 192 Å². The number of carbonyl (C=O) groups excluding carboxylic acids is 3. The van der Waals surface area contributed by atoms with E-state index in [9.17, 15) is 14.4 Å². The quantitative estimate of drug-likeness (QED) is 0.623. The molecule has 0 saturated carbocycles. The van der Waals surface area contributed by atoms with Gasteiger partial charge in [0.2, 0.25) is 0 Å². The van der Waals surface area contributed by atoms with Crippen molar-refractivity contribution in [2.45, 2.75) is 32.4 Å². The highest BCUT2D eigenvalue weighted by atomic mass is 16.5. The number of hydrogen-bond acceptors (Lipinski definition) is 6. The van der Waals surface area contributed by atoms with Crippen LogP contribution in [0.15, 0.2) is 42.5 Å². The molecule has 2 aliphatic heterocycles. The molecule has 174 valence electrons. The van der Waals surface area contributed by atoms with E-state index in [1.54, 1.807) is 31.2 Å². The van der Waals surface area contributed by atoms with E-state index < -0.39 is 23.4 Å². The minimum atomic E-state index is -1.31. The minimum absolute atomic E-state index is 0.0608. The molecule has 1 saturated heterocycles. The Morgan fingerprint density at radius 2 is 1.97 bits per heavy atom. The summed E-state index contributed by atoms with van der Waals surface area (Å²) in [5, 5.41) is 3.43. The molecule has 0 aromatic heterocycles. The van der Waals surface area contributed by atoms with Crippen molar-refractivity contribution in [1.82, 2.24) is 20.7 Å². The molecule has 0 aliphatic carbocycles. The van der Waals surface area contributed by atoms with E-state index in [1.807, 2.05) is 24.0 Å². The summed E-state index contributed by atoms with van der Waals surface area (Å²) >= 11 is 0. The topological polar surface area (TPSA) is 100 Å². The Morgan fingerprint density at radius 3 is 2.73 bits per heavy atom. The second-order valence-corrected chi connectivity index (χ2v) is 8.29. The van der Waals surface area contributed by atoms with Gasteiger partial charge in [0.05, 0.1) is 20.3 Å². The fourth-order valence-electron chi connectivity index (χ4n) is 4.22. The maximum absolute atomic E-state index is 13.1. The molecule has 0 bridgehead atoms. The number of fused-ring (bicyclic) bond motifs is 1. The monoisotopic (exact) mass is 452 g/mol. The van der Waals surface area contributed by atoms with Gasteiger partial charge in [-0.3, -0.25) is 19.9 Å². The molecule has 33 heavy (non-hydrogen) atoms. The number of nitrogens with one attached hydrogen (secondary N) is 2. The molecule has 1 atom stereocenters. The lowest BCUT2D eigenvalue weighted by Gasteiger charge is -2.29. The van der Waals surface area contributed by atoms with Crippen LogP contribution in [0.4, 0.5) is 4.79 Å². The maximum atomic E-state index is 13.1. The number of hydrogen-bond donors (Lipinski definition) is 2. The molecule has 0 spiro atoms. The first kappa shape index (κ1) is 22.6. The van der Waals surface area contributed by atoms with E-state index in [4.69, 9.17) is 9.47 Å². The van der Waals surface area contributed by atoms with Crippen LogP contribution < -0.4 is 20.2 Å². The number of ether oxygens (including phenoxy) is 2. The summed E-state index contributed by atoms with van der Waals surface area (Å²) in [5.41, 5.74) is 4.07. The van der Waals surface area contributed by atoms with Crippen LogP contribution in [0, 0.1) is 0 Å². The minimum Gasteiger partial charge on any atom is -0.497 e. The number of rotatable bonds is 7.